The van der Waals surface area contributed by atoms with Crippen molar-refractivity contribution in [3.05, 3.63) is 34.9 Å². The standard InChI is InChI=1S/C10H10ClN3O/c11-8-4-2-1-3-6(8)9-7(5-12)10(15)14-13-9/h1-4,7,9-10,13-15H. The van der Waals surface area contributed by atoms with Gasteiger partial charge in [0.15, 0.2) is 0 Å². The number of hydrogen-bond donors (Lipinski definition) is 3. The van der Waals surface area contributed by atoms with Crippen molar-refractivity contribution in [1.29, 1.82) is 5.26 Å². The van der Waals surface area contributed by atoms with Crippen LogP contribution in [0.4, 0.5) is 0 Å². The fourth-order valence-electron chi connectivity index (χ4n) is 1.68. The minimum absolute atomic E-state index is 0.279. The average molecular weight is 224 g/mol. The zero-order valence-corrected chi connectivity index (χ0v) is 8.57. The molecule has 0 aliphatic carbocycles. The largest absolute Gasteiger partial charge is 0.376 e. The number of nitriles is 1. The summed E-state index contributed by atoms with van der Waals surface area (Å²) in [5.41, 5.74) is 6.29. The van der Waals surface area contributed by atoms with Crippen molar-refractivity contribution >= 4 is 11.6 Å². The van der Waals surface area contributed by atoms with Gasteiger partial charge in [-0.1, -0.05) is 29.8 Å². The summed E-state index contributed by atoms with van der Waals surface area (Å²) in [6.45, 7) is 0. The van der Waals surface area contributed by atoms with E-state index in [0.29, 0.717) is 5.02 Å². The molecule has 2 rings (SSSR count). The molecule has 1 fully saturated rings. The van der Waals surface area contributed by atoms with Gasteiger partial charge in [0.05, 0.1) is 12.1 Å². The van der Waals surface area contributed by atoms with Crippen LogP contribution in [0.25, 0.3) is 0 Å². The smallest absolute Gasteiger partial charge is 0.135 e. The Labute approximate surface area is 92.4 Å². The summed E-state index contributed by atoms with van der Waals surface area (Å²) < 4.78 is 0. The Morgan fingerprint density at radius 2 is 2.07 bits per heavy atom. The van der Waals surface area contributed by atoms with E-state index in [9.17, 15) is 5.11 Å². The Hall–Kier alpha value is -1.12. The highest BCUT2D eigenvalue weighted by atomic mass is 35.5. The van der Waals surface area contributed by atoms with Gasteiger partial charge in [-0.25, -0.2) is 10.9 Å². The van der Waals surface area contributed by atoms with E-state index in [1.54, 1.807) is 6.07 Å². The first-order valence-electron chi connectivity index (χ1n) is 4.57. The molecule has 1 aliphatic rings. The minimum atomic E-state index is -0.865. The van der Waals surface area contributed by atoms with Crippen LogP contribution in [-0.4, -0.2) is 11.3 Å². The molecule has 0 aromatic heterocycles. The van der Waals surface area contributed by atoms with E-state index in [-0.39, 0.29) is 6.04 Å². The number of hydrogen-bond acceptors (Lipinski definition) is 4. The van der Waals surface area contributed by atoms with E-state index < -0.39 is 12.1 Å². The molecule has 0 saturated carbocycles. The molecule has 0 radical (unpaired) electrons. The molecule has 0 amide bonds. The maximum absolute atomic E-state index is 9.47. The second-order valence-electron chi connectivity index (χ2n) is 3.39. The lowest BCUT2D eigenvalue weighted by atomic mass is 9.95. The van der Waals surface area contributed by atoms with Crippen LogP contribution in [0.5, 0.6) is 0 Å². The number of nitrogens with zero attached hydrogens (tertiary/aromatic N) is 1. The lowest BCUT2D eigenvalue weighted by Crippen LogP contribution is -2.31. The maximum atomic E-state index is 9.47. The quantitative estimate of drug-likeness (QED) is 0.663. The maximum Gasteiger partial charge on any atom is 0.135 e. The van der Waals surface area contributed by atoms with Crippen LogP contribution in [0.3, 0.4) is 0 Å². The van der Waals surface area contributed by atoms with Crippen LogP contribution < -0.4 is 10.9 Å². The number of nitrogens with one attached hydrogen (secondary N) is 2. The molecule has 78 valence electrons. The van der Waals surface area contributed by atoms with Crippen LogP contribution in [-0.2, 0) is 0 Å². The lowest BCUT2D eigenvalue weighted by Gasteiger charge is -2.14. The van der Waals surface area contributed by atoms with Crippen molar-refractivity contribution in [3.63, 3.8) is 0 Å². The predicted molar refractivity (Wildman–Crippen MR) is 55.6 cm³/mol. The average Bonchev–Trinajstić information content (AvgIpc) is 2.60. The first kappa shape index (κ1) is 10.4. The van der Waals surface area contributed by atoms with Crippen molar-refractivity contribution in [2.24, 2.45) is 5.92 Å². The van der Waals surface area contributed by atoms with Crippen molar-refractivity contribution in [1.82, 2.24) is 10.9 Å². The molecule has 0 bridgehead atoms. The van der Waals surface area contributed by atoms with Crippen LogP contribution in [0.2, 0.25) is 5.02 Å². The van der Waals surface area contributed by atoms with Gasteiger partial charge in [-0.2, -0.15) is 5.26 Å². The molecule has 1 aliphatic heterocycles. The zero-order valence-electron chi connectivity index (χ0n) is 7.81. The van der Waals surface area contributed by atoms with E-state index >= 15 is 0 Å². The first-order chi connectivity index (χ1) is 7.24. The van der Waals surface area contributed by atoms with Crippen LogP contribution in [0.1, 0.15) is 11.6 Å². The highest BCUT2D eigenvalue weighted by Gasteiger charge is 2.36. The van der Waals surface area contributed by atoms with Gasteiger partial charge in [-0.3, -0.25) is 0 Å². The Balaban J connectivity index is 2.33. The third kappa shape index (κ3) is 1.83. The van der Waals surface area contributed by atoms with Gasteiger partial charge < -0.3 is 5.11 Å². The summed E-state index contributed by atoms with van der Waals surface area (Å²) in [5.74, 6) is -0.537. The highest BCUT2D eigenvalue weighted by Crippen LogP contribution is 2.31. The lowest BCUT2D eigenvalue weighted by molar-refractivity contribution is 0.128. The number of rotatable bonds is 1. The Bertz CT molecular complexity index is 404. The van der Waals surface area contributed by atoms with Gasteiger partial charge in [-0.15, -0.1) is 0 Å². The number of halogens is 1. The van der Waals surface area contributed by atoms with Crippen LogP contribution >= 0.6 is 11.6 Å². The molecule has 3 atom stereocenters. The topological polar surface area (TPSA) is 68.1 Å². The third-order valence-electron chi connectivity index (χ3n) is 2.48. The highest BCUT2D eigenvalue weighted by molar-refractivity contribution is 6.31. The summed E-state index contributed by atoms with van der Waals surface area (Å²) in [6, 6.07) is 9.05. The molecule has 15 heavy (non-hydrogen) atoms. The van der Waals surface area contributed by atoms with Crippen molar-refractivity contribution in [2.45, 2.75) is 12.3 Å². The molecule has 1 saturated heterocycles. The Morgan fingerprint density at radius 3 is 2.73 bits per heavy atom. The molecular formula is C10H10ClN3O. The van der Waals surface area contributed by atoms with E-state index in [1.165, 1.54) is 0 Å². The van der Waals surface area contributed by atoms with Crippen LogP contribution in [0, 0.1) is 17.2 Å². The molecule has 3 unspecified atom stereocenters. The van der Waals surface area contributed by atoms with Gasteiger partial charge in [0.25, 0.3) is 0 Å². The van der Waals surface area contributed by atoms with Gasteiger partial charge in [0.1, 0.15) is 12.1 Å². The summed E-state index contributed by atoms with van der Waals surface area (Å²) in [6.07, 6.45) is -0.865. The fourth-order valence-corrected chi connectivity index (χ4v) is 1.93. The Kier molecular flexibility index (Phi) is 2.89. The normalized spacial score (nSPS) is 30.1. The van der Waals surface area contributed by atoms with E-state index in [2.05, 4.69) is 16.9 Å². The number of aliphatic hydroxyl groups excluding tert-OH is 1. The van der Waals surface area contributed by atoms with Gasteiger partial charge >= 0.3 is 0 Å². The zero-order chi connectivity index (χ0) is 10.8. The first-order valence-corrected chi connectivity index (χ1v) is 4.95. The molecule has 5 heteroatoms. The van der Waals surface area contributed by atoms with Gasteiger partial charge in [0, 0.05) is 5.02 Å². The molecule has 4 nitrogen and oxygen atoms in total. The van der Waals surface area contributed by atoms with Crippen LogP contribution in [0.15, 0.2) is 24.3 Å². The second kappa shape index (κ2) is 4.17. The molecule has 1 aromatic rings. The fraction of sp³-hybridized carbons (Fsp3) is 0.300. The molecule has 1 aromatic carbocycles. The molecule has 0 spiro atoms. The third-order valence-corrected chi connectivity index (χ3v) is 2.82. The molecular weight excluding hydrogens is 214 g/mol. The van der Waals surface area contributed by atoms with Crippen molar-refractivity contribution < 1.29 is 5.11 Å². The van der Waals surface area contributed by atoms with Gasteiger partial charge in [-0.05, 0) is 11.6 Å². The summed E-state index contributed by atoms with van der Waals surface area (Å²) in [5, 5.41) is 19.0. The Morgan fingerprint density at radius 1 is 1.33 bits per heavy atom. The monoisotopic (exact) mass is 223 g/mol. The summed E-state index contributed by atoms with van der Waals surface area (Å²) in [4.78, 5) is 0. The second-order valence-corrected chi connectivity index (χ2v) is 3.79. The minimum Gasteiger partial charge on any atom is -0.376 e. The van der Waals surface area contributed by atoms with Crippen molar-refractivity contribution in [3.8, 4) is 6.07 Å². The summed E-state index contributed by atoms with van der Waals surface area (Å²) >= 11 is 6.02. The number of benzene rings is 1. The molecule has 1 heterocycles. The van der Waals surface area contributed by atoms with Crippen molar-refractivity contribution in [2.75, 3.05) is 0 Å². The number of hydrazine groups is 1. The summed E-state index contributed by atoms with van der Waals surface area (Å²) in [7, 11) is 0. The van der Waals surface area contributed by atoms with E-state index in [0.717, 1.165) is 5.56 Å². The SMILES string of the molecule is N#CC1C(O)NNC1c1ccccc1Cl. The van der Waals surface area contributed by atoms with E-state index in [1.807, 2.05) is 18.2 Å². The molecule has 3 N–H and O–H groups in total. The van der Waals surface area contributed by atoms with Gasteiger partial charge in [0.2, 0.25) is 0 Å². The number of aliphatic hydroxyl groups is 1. The predicted octanol–water partition coefficient (Wildman–Crippen LogP) is 0.947. The van der Waals surface area contributed by atoms with E-state index in [4.69, 9.17) is 16.9 Å².